The van der Waals surface area contributed by atoms with E-state index in [-0.39, 0.29) is 11.5 Å². The SMILES string of the molecule is C[C@@]1(NC(=O)COC(=O)/C=C/c2ccc3c(c2)OCCCO3)CCS(=O)(=O)C1. The first kappa shape index (κ1) is 20.2. The van der Waals surface area contributed by atoms with Crippen LogP contribution in [0, 0.1) is 0 Å². The van der Waals surface area contributed by atoms with Gasteiger partial charge in [0.1, 0.15) is 0 Å². The fraction of sp³-hybridized carbons (Fsp3) is 0.474. The molecule has 1 amide bonds. The van der Waals surface area contributed by atoms with E-state index in [0.717, 1.165) is 12.0 Å². The van der Waals surface area contributed by atoms with Crippen molar-refractivity contribution in [1.29, 1.82) is 0 Å². The van der Waals surface area contributed by atoms with E-state index in [1.165, 1.54) is 6.08 Å². The molecule has 1 fully saturated rings. The van der Waals surface area contributed by atoms with Crippen LogP contribution in [0.25, 0.3) is 6.08 Å². The van der Waals surface area contributed by atoms with Gasteiger partial charge in [0.25, 0.3) is 5.91 Å². The lowest BCUT2D eigenvalue weighted by Gasteiger charge is -2.23. The lowest BCUT2D eigenvalue weighted by Crippen LogP contribution is -2.48. The van der Waals surface area contributed by atoms with E-state index in [4.69, 9.17) is 14.2 Å². The van der Waals surface area contributed by atoms with Gasteiger partial charge in [-0.15, -0.1) is 0 Å². The minimum Gasteiger partial charge on any atom is -0.490 e. The maximum absolute atomic E-state index is 11.9. The van der Waals surface area contributed by atoms with Gasteiger partial charge < -0.3 is 19.5 Å². The second-order valence-electron chi connectivity index (χ2n) is 7.15. The number of esters is 1. The highest BCUT2D eigenvalue weighted by molar-refractivity contribution is 7.91. The molecule has 3 rings (SSSR count). The number of carbonyl (C=O) groups is 2. The topological polar surface area (TPSA) is 108 Å². The number of hydrogen-bond acceptors (Lipinski definition) is 7. The first-order valence-corrected chi connectivity index (χ1v) is 10.8. The third-order valence-corrected chi connectivity index (χ3v) is 6.38. The molecular weight excluding hydrogens is 386 g/mol. The summed E-state index contributed by atoms with van der Waals surface area (Å²) in [5.74, 6) is 0.0119. The van der Waals surface area contributed by atoms with Crippen molar-refractivity contribution in [3.63, 3.8) is 0 Å². The number of carbonyl (C=O) groups excluding carboxylic acids is 2. The van der Waals surface area contributed by atoms with Gasteiger partial charge in [0.2, 0.25) is 0 Å². The molecule has 1 aromatic carbocycles. The summed E-state index contributed by atoms with van der Waals surface area (Å²) < 4.78 is 39.2. The first-order valence-electron chi connectivity index (χ1n) is 9.01. The van der Waals surface area contributed by atoms with Crippen LogP contribution in [0.15, 0.2) is 24.3 Å². The minimum absolute atomic E-state index is 0.0435. The average Bonchev–Trinajstić information content (AvgIpc) is 2.80. The highest BCUT2D eigenvalue weighted by atomic mass is 32.2. The van der Waals surface area contributed by atoms with Crippen LogP contribution in [0.4, 0.5) is 0 Å². The summed E-state index contributed by atoms with van der Waals surface area (Å²) in [5, 5.41) is 2.63. The third kappa shape index (κ3) is 5.48. The predicted molar refractivity (Wildman–Crippen MR) is 102 cm³/mol. The number of rotatable bonds is 5. The summed E-state index contributed by atoms with van der Waals surface area (Å²) in [6, 6.07) is 5.32. The molecule has 2 heterocycles. The molecule has 0 bridgehead atoms. The monoisotopic (exact) mass is 409 g/mol. The van der Waals surface area contributed by atoms with Gasteiger partial charge in [-0.1, -0.05) is 6.07 Å². The zero-order valence-electron chi connectivity index (χ0n) is 15.6. The molecule has 1 aromatic rings. The average molecular weight is 409 g/mol. The van der Waals surface area contributed by atoms with Crippen LogP contribution in [0.3, 0.4) is 0 Å². The third-order valence-electron chi connectivity index (χ3n) is 4.47. The Hall–Kier alpha value is -2.55. The Balaban J connectivity index is 1.49. The molecule has 0 aliphatic carbocycles. The number of nitrogens with one attached hydrogen (secondary N) is 1. The van der Waals surface area contributed by atoms with E-state index in [1.807, 2.05) is 0 Å². The van der Waals surface area contributed by atoms with Gasteiger partial charge in [-0.05, 0) is 37.1 Å². The maximum Gasteiger partial charge on any atom is 0.331 e. The van der Waals surface area contributed by atoms with Crippen LogP contribution in [0.2, 0.25) is 0 Å². The number of sulfone groups is 1. The fourth-order valence-electron chi connectivity index (χ4n) is 3.11. The molecule has 8 nitrogen and oxygen atoms in total. The second kappa shape index (κ2) is 8.22. The molecule has 0 radical (unpaired) electrons. The quantitative estimate of drug-likeness (QED) is 0.573. The molecule has 2 aliphatic rings. The van der Waals surface area contributed by atoms with Crippen LogP contribution >= 0.6 is 0 Å². The molecule has 0 aromatic heterocycles. The van der Waals surface area contributed by atoms with Gasteiger partial charge >= 0.3 is 5.97 Å². The zero-order valence-corrected chi connectivity index (χ0v) is 16.4. The number of benzene rings is 1. The van der Waals surface area contributed by atoms with Crippen LogP contribution in [0.1, 0.15) is 25.3 Å². The highest BCUT2D eigenvalue weighted by Gasteiger charge is 2.39. The summed E-state index contributed by atoms with van der Waals surface area (Å²) in [4.78, 5) is 23.8. The van der Waals surface area contributed by atoms with Crippen molar-refractivity contribution in [1.82, 2.24) is 5.32 Å². The molecule has 2 aliphatic heterocycles. The van der Waals surface area contributed by atoms with E-state index in [2.05, 4.69) is 5.32 Å². The number of fused-ring (bicyclic) bond motifs is 1. The molecular formula is C19H23NO7S. The normalized spacial score (nSPS) is 23.2. The Kier molecular flexibility index (Phi) is 5.93. The van der Waals surface area contributed by atoms with Crippen molar-refractivity contribution in [3.05, 3.63) is 29.8 Å². The number of ether oxygens (including phenoxy) is 3. The molecule has 1 atom stereocenters. The Labute approximate surface area is 163 Å². The summed E-state index contributed by atoms with van der Waals surface area (Å²) in [6.07, 6.45) is 3.92. The maximum atomic E-state index is 11.9. The Morgan fingerprint density at radius 3 is 2.71 bits per heavy atom. The van der Waals surface area contributed by atoms with Crippen molar-refractivity contribution >= 4 is 27.8 Å². The molecule has 0 spiro atoms. The van der Waals surface area contributed by atoms with Gasteiger partial charge in [-0.2, -0.15) is 0 Å². The molecule has 1 saturated heterocycles. The Morgan fingerprint density at radius 2 is 2.00 bits per heavy atom. The lowest BCUT2D eigenvalue weighted by atomic mass is 10.0. The number of hydrogen-bond donors (Lipinski definition) is 1. The van der Waals surface area contributed by atoms with Crippen LogP contribution in [-0.2, 0) is 24.2 Å². The van der Waals surface area contributed by atoms with Crippen LogP contribution in [0.5, 0.6) is 11.5 Å². The van der Waals surface area contributed by atoms with Gasteiger partial charge in [0, 0.05) is 12.5 Å². The molecule has 0 saturated carbocycles. The van der Waals surface area contributed by atoms with Crippen LogP contribution in [-0.4, -0.2) is 57.2 Å². The zero-order chi connectivity index (χ0) is 20.2. The van der Waals surface area contributed by atoms with Gasteiger partial charge in [-0.3, -0.25) is 4.79 Å². The van der Waals surface area contributed by atoms with E-state index in [0.29, 0.717) is 31.1 Å². The van der Waals surface area contributed by atoms with Crippen molar-refractivity contribution in [3.8, 4) is 11.5 Å². The summed E-state index contributed by atoms with van der Waals surface area (Å²) in [7, 11) is -3.13. The molecule has 152 valence electrons. The van der Waals surface area contributed by atoms with Crippen molar-refractivity contribution in [2.45, 2.75) is 25.3 Å². The predicted octanol–water partition coefficient (Wildman–Crippen LogP) is 1.10. The Morgan fingerprint density at radius 1 is 1.25 bits per heavy atom. The molecule has 0 unspecified atom stereocenters. The van der Waals surface area contributed by atoms with Crippen molar-refractivity contribution in [2.75, 3.05) is 31.3 Å². The first-order chi connectivity index (χ1) is 13.2. The standard InChI is InChI=1S/C19H23NO7S/c1-19(7-10-28(23,24)13-19)20-17(21)12-27-18(22)6-4-14-3-5-15-16(11-14)26-9-2-8-25-15/h3-6,11H,2,7-10,12-13H2,1H3,(H,20,21)/b6-4+/t19-/m1/s1. The summed E-state index contributed by atoms with van der Waals surface area (Å²) >= 11 is 0. The van der Waals surface area contributed by atoms with Crippen molar-refractivity contribution in [2.24, 2.45) is 0 Å². The van der Waals surface area contributed by atoms with Gasteiger partial charge in [-0.25, -0.2) is 13.2 Å². The summed E-state index contributed by atoms with van der Waals surface area (Å²) in [5.41, 5.74) is -0.0865. The molecule has 1 N–H and O–H groups in total. The van der Waals surface area contributed by atoms with E-state index in [1.54, 1.807) is 31.2 Å². The minimum atomic E-state index is -3.13. The second-order valence-corrected chi connectivity index (χ2v) is 9.33. The van der Waals surface area contributed by atoms with Gasteiger partial charge in [0.15, 0.2) is 27.9 Å². The lowest BCUT2D eigenvalue weighted by molar-refractivity contribution is -0.144. The highest BCUT2D eigenvalue weighted by Crippen LogP contribution is 2.30. The fourth-order valence-corrected chi connectivity index (χ4v) is 5.21. The van der Waals surface area contributed by atoms with Gasteiger partial charge in [0.05, 0.1) is 30.3 Å². The van der Waals surface area contributed by atoms with Crippen LogP contribution < -0.4 is 14.8 Å². The Bertz CT molecular complexity index is 894. The summed E-state index contributed by atoms with van der Waals surface area (Å²) in [6.45, 7) is 2.36. The van der Waals surface area contributed by atoms with E-state index < -0.39 is 33.9 Å². The van der Waals surface area contributed by atoms with E-state index in [9.17, 15) is 18.0 Å². The molecule has 9 heteroatoms. The number of amides is 1. The van der Waals surface area contributed by atoms with Crippen molar-refractivity contribution < 1.29 is 32.2 Å². The smallest absolute Gasteiger partial charge is 0.331 e. The van der Waals surface area contributed by atoms with E-state index >= 15 is 0 Å². The molecule has 28 heavy (non-hydrogen) atoms. The largest absolute Gasteiger partial charge is 0.490 e.